The van der Waals surface area contributed by atoms with Crippen molar-refractivity contribution in [1.82, 2.24) is 0 Å². The number of hydrogen-bond donors (Lipinski definition) is 1. The van der Waals surface area contributed by atoms with E-state index < -0.39 is 5.91 Å². The number of carbonyl (C=O) groups is 1. The standard InChI is InChI=1S/C20H13ClI2N2O2/c1-3-7-27-19-16(22)9-13(10-17(19)23)8-14(11-24)20(26)25-18-6-4-5-15(21)12(18)2/h1,4-6,8-10H,7H2,2H3,(H,25,26)/b14-8-. The lowest BCUT2D eigenvalue weighted by Gasteiger charge is -2.10. The molecule has 0 aliphatic heterocycles. The first-order chi connectivity index (χ1) is 12.9. The third kappa shape index (κ3) is 5.61. The Bertz CT molecular complexity index is 981. The van der Waals surface area contributed by atoms with Crippen molar-refractivity contribution in [1.29, 1.82) is 5.26 Å². The molecule has 0 aliphatic rings. The summed E-state index contributed by atoms with van der Waals surface area (Å²) in [7, 11) is 0. The summed E-state index contributed by atoms with van der Waals surface area (Å²) in [6.07, 6.45) is 6.76. The van der Waals surface area contributed by atoms with Crippen LogP contribution in [0.1, 0.15) is 11.1 Å². The van der Waals surface area contributed by atoms with Gasteiger partial charge in [-0.05, 0) is 93.6 Å². The summed E-state index contributed by atoms with van der Waals surface area (Å²) in [5.41, 5.74) is 2.00. The molecule has 0 heterocycles. The quantitative estimate of drug-likeness (QED) is 0.215. The summed E-state index contributed by atoms with van der Waals surface area (Å²) in [5, 5.41) is 12.7. The first-order valence-corrected chi connectivity index (χ1v) is 10.1. The van der Waals surface area contributed by atoms with Crippen LogP contribution in [0.15, 0.2) is 35.9 Å². The van der Waals surface area contributed by atoms with Crippen LogP contribution in [0.5, 0.6) is 5.75 Å². The molecule has 0 aromatic heterocycles. The van der Waals surface area contributed by atoms with E-state index in [0.29, 0.717) is 22.0 Å². The molecule has 0 atom stereocenters. The average Bonchev–Trinajstić information content (AvgIpc) is 2.62. The van der Waals surface area contributed by atoms with Crippen molar-refractivity contribution < 1.29 is 9.53 Å². The zero-order valence-corrected chi connectivity index (χ0v) is 19.2. The number of halogens is 3. The molecule has 0 spiro atoms. The number of hydrogen-bond acceptors (Lipinski definition) is 3. The highest BCUT2D eigenvalue weighted by Gasteiger charge is 2.13. The van der Waals surface area contributed by atoms with Gasteiger partial charge in [-0.25, -0.2) is 0 Å². The Kier molecular flexibility index (Phi) is 7.96. The van der Waals surface area contributed by atoms with Crippen LogP contribution in [0.4, 0.5) is 5.69 Å². The highest BCUT2D eigenvalue weighted by atomic mass is 127. The van der Waals surface area contributed by atoms with Gasteiger partial charge < -0.3 is 10.1 Å². The summed E-state index contributed by atoms with van der Waals surface area (Å²) in [6, 6.07) is 10.8. The van der Waals surface area contributed by atoms with Crippen LogP contribution >= 0.6 is 56.8 Å². The Hall–Kier alpha value is -1.75. The van der Waals surface area contributed by atoms with Gasteiger partial charge in [-0.1, -0.05) is 23.6 Å². The molecule has 0 fully saturated rings. The second-order valence-electron chi connectivity index (χ2n) is 5.34. The van der Waals surface area contributed by atoms with Gasteiger partial charge in [-0.2, -0.15) is 5.26 Å². The van der Waals surface area contributed by atoms with Crippen molar-refractivity contribution in [2.24, 2.45) is 0 Å². The SMILES string of the molecule is C#CCOc1c(I)cc(/C=C(/C#N)C(=O)Nc2cccc(Cl)c2C)cc1I. The third-order valence-electron chi connectivity index (χ3n) is 3.51. The van der Waals surface area contributed by atoms with Crippen molar-refractivity contribution in [3.63, 3.8) is 0 Å². The van der Waals surface area contributed by atoms with Crippen molar-refractivity contribution in [3.05, 3.63) is 59.2 Å². The topological polar surface area (TPSA) is 62.1 Å². The Balaban J connectivity index is 2.30. The first-order valence-electron chi connectivity index (χ1n) is 7.61. The zero-order chi connectivity index (χ0) is 20.0. The average molecular weight is 603 g/mol. The molecule has 4 nitrogen and oxygen atoms in total. The number of nitrogens with one attached hydrogen (secondary N) is 1. The molecule has 2 aromatic carbocycles. The maximum absolute atomic E-state index is 12.5. The Morgan fingerprint density at radius 1 is 1.37 bits per heavy atom. The number of carbonyl (C=O) groups excluding carboxylic acids is 1. The Morgan fingerprint density at radius 2 is 2.04 bits per heavy atom. The van der Waals surface area contributed by atoms with Gasteiger partial charge in [-0.15, -0.1) is 6.42 Å². The molecule has 0 unspecified atom stereocenters. The fourth-order valence-corrected chi connectivity index (χ4v) is 4.46. The normalized spacial score (nSPS) is 10.7. The van der Waals surface area contributed by atoms with E-state index in [0.717, 1.165) is 12.7 Å². The number of anilines is 1. The van der Waals surface area contributed by atoms with Crippen molar-refractivity contribution in [3.8, 4) is 24.2 Å². The summed E-state index contributed by atoms with van der Waals surface area (Å²) < 4.78 is 7.20. The molecule has 0 radical (unpaired) electrons. The minimum Gasteiger partial charge on any atom is -0.479 e. The minimum atomic E-state index is -0.499. The molecule has 0 bridgehead atoms. The van der Waals surface area contributed by atoms with Crippen LogP contribution in [0.25, 0.3) is 6.08 Å². The Labute approximate surface area is 190 Å². The van der Waals surface area contributed by atoms with E-state index in [-0.39, 0.29) is 12.2 Å². The largest absolute Gasteiger partial charge is 0.479 e. The van der Waals surface area contributed by atoms with Gasteiger partial charge >= 0.3 is 0 Å². The van der Waals surface area contributed by atoms with Gasteiger partial charge in [0.05, 0.1) is 7.14 Å². The molecule has 27 heavy (non-hydrogen) atoms. The smallest absolute Gasteiger partial charge is 0.266 e. The van der Waals surface area contributed by atoms with E-state index in [4.69, 9.17) is 22.8 Å². The lowest BCUT2D eigenvalue weighted by molar-refractivity contribution is -0.112. The van der Waals surface area contributed by atoms with Gasteiger partial charge in [0.2, 0.25) is 0 Å². The molecular formula is C20H13ClI2N2O2. The van der Waals surface area contributed by atoms with Crippen LogP contribution in [0, 0.1) is 37.7 Å². The van der Waals surface area contributed by atoms with E-state index in [2.05, 4.69) is 56.4 Å². The Morgan fingerprint density at radius 3 is 2.63 bits per heavy atom. The summed E-state index contributed by atoms with van der Waals surface area (Å²) in [6.45, 7) is 1.97. The van der Waals surface area contributed by atoms with Crippen molar-refractivity contribution in [2.75, 3.05) is 11.9 Å². The summed E-state index contributed by atoms with van der Waals surface area (Å²) >= 11 is 10.3. The minimum absolute atomic E-state index is 0.0155. The maximum Gasteiger partial charge on any atom is 0.266 e. The number of nitriles is 1. The van der Waals surface area contributed by atoms with Crippen molar-refractivity contribution in [2.45, 2.75) is 6.92 Å². The van der Waals surface area contributed by atoms with Crippen molar-refractivity contribution >= 4 is 74.5 Å². The molecule has 0 saturated carbocycles. The van der Waals surface area contributed by atoms with Gasteiger partial charge in [0.25, 0.3) is 5.91 Å². The van der Waals surface area contributed by atoms with Crippen LogP contribution in [-0.2, 0) is 4.79 Å². The third-order valence-corrected chi connectivity index (χ3v) is 5.52. The van der Waals surface area contributed by atoms with E-state index in [9.17, 15) is 10.1 Å². The molecule has 7 heteroatoms. The number of benzene rings is 2. The number of rotatable bonds is 5. The molecule has 136 valence electrons. The fourth-order valence-electron chi connectivity index (χ4n) is 2.16. The molecule has 0 saturated heterocycles. The second-order valence-corrected chi connectivity index (χ2v) is 8.07. The van der Waals surface area contributed by atoms with Crippen LogP contribution < -0.4 is 10.1 Å². The van der Waals surface area contributed by atoms with Crippen LogP contribution in [0.2, 0.25) is 5.02 Å². The van der Waals surface area contributed by atoms with Gasteiger partial charge in [0, 0.05) is 10.7 Å². The van der Waals surface area contributed by atoms with E-state index in [1.165, 1.54) is 6.08 Å². The van der Waals surface area contributed by atoms with Crippen LogP contribution in [-0.4, -0.2) is 12.5 Å². The van der Waals surface area contributed by atoms with Gasteiger partial charge in [0.1, 0.15) is 24.0 Å². The fraction of sp³-hybridized carbons (Fsp3) is 0.100. The number of terminal acetylenes is 1. The summed E-state index contributed by atoms with van der Waals surface area (Å²) in [4.78, 5) is 12.5. The predicted octanol–water partition coefficient (Wildman–Crippen LogP) is 5.42. The molecule has 2 aromatic rings. The van der Waals surface area contributed by atoms with Crippen LogP contribution in [0.3, 0.4) is 0 Å². The number of nitrogens with zero attached hydrogens (tertiary/aromatic N) is 1. The first kappa shape index (κ1) is 21.5. The lowest BCUT2D eigenvalue weighted by Crippen LogP contribution is -2.14. The van der Waals surface area contributed by atoms with E-state index in [1.807, 2.05) is 18.2 Å². The highest BCUT2D eigenvalue weighted by Crippen LogP contribution is 2.30. The molecule has 0 aliphatic carbocycles. The monoisotopic (exact) mass is 602 g/mol. The number of amides is 1. The molecule has 1 N–H and O–H groups in total. The maximum atomic E-state index is 12.5. The molecule has 1 amide bonds. The second kappa shape index (κ2) is 9.98. The highest BCUT2D eigenvalue weighted by molar-refractivity contribution is 14.1. The predicted molar refractivity (Wildman–Crippen MR) is 125 cm³/mol. The van der Waals surface area contributed by atoms with Gasteiger partial charge in [-0.3, -0.25) is 4.79 Å². The molecule has 2 rings (SSSR count). The lowest BCUT2D eigenvalue weighted by atomic mass is 10.1. The van der Waals surface area contributed by atoms with E-state index in [1.54, 1.807) is 25.1 Å². The summed E-state index contributed by atoms with van der Waals surface area (Å²) in [5.74, 6) is 2.61. The van der Waals surface area contributed by atoms with Gasteiger partial charge in [0.15, 0.2) is 0 Å². The van der Waals surface area contributed by atoms with E-state index >= 15 is 0 Å². The molecular weight excluding hydrogens is 589 g/mol. The number of ether oxygens (including phenoxy) is 1. The zero-order valence-electron chi connectivity index (χ0n) is 14.1.